The van der Waals surface area contributed by atoms with Gasteiger partial charge in [0.1, 0.15) is 0 Å². The van der Waals surface area contributed by atoms with Gasteiger partial charge in [-0.25, -0.2) is 0 Å². The standard InChI is InChI=1S/C17H16BrClO/c1-2-3-5-12-8-10-13(11-9-12)17(20)14-6-4-7-15(18)16(14)19/h4,6-11H,2-3,5H2,1H3. The highest BCUT2D eigenvalue weighted by Gasteiger charge is 2.14. The predicted molar refractivity (Wildman–Crippen MR) is 87.6 cm³/mol. The molecule has 3 heteroatoms. The van der Waals surface area contributed by atoms with Crippen molar-refractivity contribution in [3.05, 3.63) is 68.7 Å². The van der Waals surface area contributed by atoms with E-state index in [1.807, 2.05) is 36.4 Å². The summed E-state index contributed by atoms with van der Waals surface area (Å²) in [5.74, 6) is -0.0432. The van der Waals surface area contributed by atoms with E-state index in [2.05, 4.69) is 22.9 Å². The monoisotopic (exact) mass is 350 g/mol. The molecule has 0 bridgehead atoms. The third kappa shape index (κ3) is 3.50. The van der Waals surface area contributed by atoms with Crippen molar-refractivity contribution in [2.45, 2.75) is 26.2 Å². The molecular weight excluding hydrogens is 336 g/mol. The van der Waals surface area contributed by atoms with Crippen LogP contribution in [0.4, 0.5) is 0 Å². The van der Waals surface area contributed by atoms with Gasteiger partial charge in [-0.15, -0.1) is 0 Å². The van der Waals surface area contributed by atoms with Gasteiger partial charge in [0.05, 0.1) is 5.02 Å². The van der Waals surface area contributed by atoms with Crippen molar-refractivity contribution in [3.8, 4) is 0 Å². The minimum atomic E-state index is -0.0432. The summed E-state index contributed by atoms with van der Waals surface area (Å²) in [6.45, 7) is 2.17. The predicted octanol–water partition coefficient (Wildman–Crippen LogP) is 5.68. The van der Waals surface area contributed by atoms with Gasteiger partial charge in [-0.3, -0.25) is 4.79 Å². The van der Waals surface area contributed by atoms with Crippen LogP contribution in [0.1, 0.15) is 41.3 Å². The van der Waals surface area contributed by atoms with Crippen molar-refractivity contribution in [2.75, 3.05) is 0 Å². The Morgan fingerprint density at radius 3 is 2.50 bits per heavy atom. The Balaban J connectivity index is 2.23. The Kier molecular flexibility index (Phi) is 5.38. The summed E-state index contributed by atoms with van der Waals surface area (Å²) in [4.78, 5) is 12.4. The molecule has 2 rings (SSSR count). The first-order valence-electron chi connectivity index (χ1n) is 6.71. The maximum Gasteiger partial charge on any atom is 0.194 e. The fourth-order valence-corrected chi connectivity index (χ4v) is 2.62. The molecule has 0 aromatic heterocycles. The Hall–Kier alpha value is -1.12. The first kappa shape index (κ1) is 15.3. The topological polar surface area (TPSA) is 17.1 Å². The van der Waals surface area contributed by atoms with Crippen LogP contribution in [0, 0.1) is 0 Å². The molecule has 2 aromatic carbocycles. The molecular formula is C17H16BrClO. The highest BCUT2D eigenvalue weighted by Crippen LogP contribution is 2.27. The third-order valence-corrected chi connectivity index (χ3v) is 4.53. The number of hydrogen-bond donors (Lipinski definition) is 0. The SMILES string of the molecule is CCCCc1ccc(C(=O)c2cccc(Br)c2Cl)cc1. The fourth-order valence-electron chi connectivity index (χ4n) is 2.04. The zero-order valence-corrected chi connectivity index (χ0v) is 13.7. The van der Waals surface area contributed by atoms with E-state index in [4.69, 9.17) is 11.6 Å². The number of carbonyl (C=O) groups excluding carboxylic acids is 1. The van der Waals surface area contributed by atoms with Crippen LogP contribution in [-0.4, -0.2) is 5.78 Å². The number of hydrogen-bond acceptors (Lipinski definition) is 1. The quantitative estimate of drug-likeness (QED) is 0.634. The van der Waals surface area contributed by atoms with Crippen molar-refractivity contribution < 1.29 is 4.79 Å². The van der Waals surface area contributed by atoms with E-state index in [0.717, 1.165) is 10.9 Å². The first-order chi connectivity index (χ1) is 9.63. The molecule has 2 aromatic rings. The molecule has 0 saturated carbocycles. The molecule has 0 aliphatic rings. The molecule has 0 radical (unpaired) electrons. The summed E-state index contributed by atoms with van der Waals surface area (Å²) in [5, 5.41) is 0.465. The number of unbranched alkanes of at least 4 members (excludes halogenated alkanes) is 1. The Bertz CT molecular complexity index is 605. The molecule has 0 aliphatic carbocycles. The van der Waals surface area contributed by atoms with Gasteiger partial charge in [0.2, 0.25) is 0 Å². The number of ketones is 1. The molecule has 20 heavy (non-hydrogen) atoms. The second kappa shape index (κ2) is 7.05. The molecule has 0 spiro atoms. The van der Waals surface area contributed by atoms with Gasteiger partial charge in [-0.05, 0) is 46.5 Å². The highest BCUT2D eigenvalue weighted by molar-refractivity contribution is 9.10. The fraction of sp³-hybridized carbons (Fsp3) is 0.235. The summed E-state index contributed by atoms with van der Waals surface area (Å²) >= 11 is 9.51. The number of aryl methyl sites for hydroxylation is 1. The highest BCUT2D eigenvalue weighted by atomic mass is 79.9. The Morgan fingerprint density at radius 1 is 1.15 bits per heavy atom. The molecule has 0 N–H and O–H groups in total. The summed E-state index contributed by atoms with van der Waals surface area (Å²) < 4.78 is 0.740. The van der Waals surface area contributed by atoms with Crippen molar-refractivity contribution >= 4 is 33.3 Å². The van der Waals surface area contributed by atoms with Crippen LogP contribution in [0.15, 0.2) is 46.9 Å². The lowest BCUT2D eigenvalue weighted by molar-refractivity contribution is 0.103. The van der Waals surface area contributed by atoms with Crippen LogP contribution in [0.5, 0.6) is 0 Å². The van der Waals surface area contributed by atoms with Gasteiger partial charge in [0, 0.05) is 15.6 Å². The van der Waals surface area contributed by atoms with E-state index in [-0.39, 0.29) is 5.78 Å². The third-order valence-electron chi connectivity index (χ3n) is 3.23. The maximum atomic E-state index is 12.4. The summed E-state index contributed by atoms with van der Waals surface area (Å²) in [5.41, 5.74) is 2.47. The summed E-state index contributed by atoms with van der Waals surface area (Å²) in [7, 11) is 0. The molecule has 0 unspecified atom stereocenters. The molecule has 0 heterocycles. The molecule has 0 saturated heterocycles. The molecule has 104 valence electrons. The van der Waals surface area contributed by atoms with E-state index >= 15 is 0 Å². The minimum Gasteiger partial charge on any atom is -0.289 e. The van der Waals surface area contributed by atoms with Crippen LogP contribution in [0.25, 0.3) is 0 Å². The summed E-state index contributed by atoms with van der Waals surface area (Å²) in [6, 6.07) is 13.2. The van der Waals surface area contributed by atoms with Crippen LogP contribution >= 0.6 is 27.5 Å². The van der Waals surface area contributed by atoms with Gasteiger partial charge in [0.25, 0.3) is 0 Å². The zero-order valence-electron chi connectivity index (χ0n) is 11.3. The molecule has 1 nitrogen and oxygen atoms in total. The lowest BCUT2D eigenvalue weighted by Crippen LogP contribution is -2.02. The lowest BCUT2D eigenvalue weighted by atomic mass is 10.0. The average Bonchev–Trinajstić information content (AvgIpc) is 2.48. The van der Waals surface area contributed by atoms with Gasteiger partial charge < -0.3 is 0 Å². The normalized spacial score (nSPS) is 10.6. The van der Waals surface area contributed by atoms with Crippen LogP contribution in [0.2, 0.25) is 5.02 Å². The van der Waals surface area contributed by atoms with E-state index < -0.39 is 0 Å². The van der Waals surface area contributed by atoms with Crippen LogP contribution < -0.4 is 0 Å². The lowest BCUT2D eigenvalue weighted by Gasteiger charge is -2.06. The smallest absolute Gasteiger partial charge is 0.194 e. The van der Waals surface area contributed by atoms with E-state index in [0.29, 0.717) is 16.1 Å². The number of rotatable bonds is 5. The van der Waals surface area contributed by atoms with Crippen molar-refractivity contribution in [1.29, 1.82) is 0 Å². The van der Waals surface area contributed by atoms with Gasteiger partial charge in [-0.2, -0.15) is 0 Å². The number of halogens is 2. The first-order valence-corrected chi connectivity index (χ1v) is 7.88. The Labute approximate surface area is 133 Å². The number of benzene rings is 2. The molecule has 0 amide bonds. The van der Waals surface area contributed by atoms with Crippen molar-refractivity contribution in [3.63, 3.8) is 0 Å². The molecule has 0 atom stereocenters. The van der Waals surface area contributed by atoms with Gasteiger partial charge >= 0.3 is 0 Å². The Morgan fingerprint density at radius 2 is 1.85 bits per heavy atom. The number of carbonyl (C=O) groups is 1. The van der Waals surface area contributed by atoms with Crippen LogP contribution in [0.3, 0.4) is 0 Å². The van der Waals surface area contributed by atoms with Crippen molar-refractivity contribution in [1.82, 2.24) is 0 Å². The minimum absolute atomic E-state index is 0.0432. The summed E-state index contributed by atoms with van der Waals surface area (Å²) in [6.07, 6.45) is 3.40. The van der Waals surface area contributed by atoms with E-state index in [9.17, 15) is 4.79 Å². The van der Waals surface area contributed by atoms with Gasteiger partial charge in [0.15, 0.2) is 5.78 Å². The second-order valence-corrected chi connectivity index (χ2v) is 5.96. The average molecular weight is 352 g/mol. The van der Waals surface area contributed by atoms with Crippen LogP contribution in [-0.2, 0) is 6.42 Å². The second-order valence-electron chi connectivity index (χ2n) is 4.73. The van der Waals surface area contributed by atoms with Gasteiger partial charge in [-0.1, -0.05) is 55.3 Å². The van der Waals surface area contributed by atoms with E-state index in [1.54, 1.807) is 6.07 Å². The molecule has 0 aliphatic heterocycles. The molecule has 0 fully saturated rings. The zero-order chi connectivity index (χ0) is 14.5. The maximum absolute atomic E-state index is 12.4. The van der Waals surface area contributed by atoms with E-state index in [1.165, 1.54) is 18.4 Å². The largest absolute Gasteiger partial charge is 0.289 e. The van der Waals surface area contributed by atoms with Crippen molar-refractivity contribution in [2.24, 2.45) is 0 Å².